The van der Waals surface area contributed by atoms with Gasteiger partial charge in [-0.15, -0.1) is 0 Å². The SMILES string of the molecule is Fc1cccc(-c2c(Cl)cnc3[nH]c([C@H]4CCCNC4)cc23)n1. The van der Waals surface area contributed by atoms with Crippen LogP contribution < -0.4 is 5.32 Å². The van der Waals surface area contributed by atoms with E-state index in [1.807, 2.05) is 0 Å². The normalized spacial score (nSPS) is 18.4. The predicted molar refractivity (Wildman–Crippen MR) is 89.1 cm³/mol. The van der Waals surface area contributed by atoms with Crippen molar-refractivity contribution in [1.29, 1.82) is 0 Å². The lowest BCUT2D eigenvalue weighted by molar-refractivity contribution is 0.456. The number of pyridine rings is 2. The number of rotatable bonds is 2. The molecule has 0 unspecified atom stereocenters. The van der Waals surface area contributed by atoms with E-state index in [9.17, 15) is 4.39 Å². The Hall–Kier alpha value is -1.98. The molecule has 0 aromatic carbocycles. The smallest absolute Gasteiger partial charge is 0.213 e. The summed E-state index contributed by atoms with van der Waals surface area (Å²) in [6.45, 7) is 2.02. The first-order chi connectivity index (χ1) is 11.2. The van der Waals surface area contributed by atoms with Gasteiger partial charge in [-0.05, 0) is 37.6 Å². The van der Waals surface area contributed by atoms with Crippen molar-refractivity contribution in [1.82, 2.24) is 20.3 Å². The van der Waals surface area contributed by atoms with Crippen LogP contribution in [-0.2, 0) is 0 Å². The van der Waals surface area contributed by atoms with E-state index in [4.69, 9.17) is 11.6 Å². The highest BCUT2D eigenvalue weighted by molar-refractivity contribution is 6.34. The van der Waals surface area contributed by atoms with Gasteiger partial charge < -0.3 is 10.3 Å². The maximum Gasteiger partial charge on any atom is 0.213 e. The second-order valence-corrected chi connectivity index (χ2v) is 6.26. The summed E-state index contributed by atoms with van der Waals surface area (Å²) in [6.07, 6.45) is 3.89. The van der Waals surface area contributed by atoms with E-state index in [2.05, 4.69) is 26.3 Å². The monoisotopic (exact) mass is 330 g/mol. The molecule has 0 amide bonds. The third-order valence-corrected chi connectivity index (χ3v) is 4.63. The van der Waals surface area contributed by atoms with Gasteiger partial charge >= 0.3 is 0 Å². The van der Waals surface area contributed by atoms with E-state index in [0.717, 1.165) is 48.2 Å². The molecule has 1 atom stereocenters. The fourth-order valence-corrected chi connectivity index (χ4v) is 3.46. The molecular formula is C17H16ClFN4. The molecule has 4 heterocycles. The van der Waals surface area contributed by atoms with Crippen LogP contribution in [0.5, 0.6) is 0 Å². The summed E-state index contributed by atoms with van der Waals surface area (Å²) in [5.74, 6) is -0.0826. The molecule has 0 aliphatic carbocycles. The number of hydrogen-bond acceptors (Lipinski definition) is 3. The molecule has 0 bridgehead atoms. The third kappa shape index (κ3) is 2.71. The highest BCUT2D eigenvalue weighted by atomic mass is 35.5. The zero-order valence-corrected chi connectivity index (χ0v) is 13.2. The fourth-order valence-electron chi connectivity index (χ4n) is 3.22. The standard InChI is InChI=1S/C17H16ClFN4/c18-12-9-21-17-11(16(12)13-4-1-5-15(19)22-13)7-14(23-17)10-3-2-6-20-8-10/h1,4-5,7,9-10,20H,2-3,6,8H2,(H,21,23)/t10-/m0/s1. The molecular weight excluding hydrogens is 315 g/mol. The summed E-state index contributed by atoms with van der Waals surface area (Å²) in [4.78, 5) is 11.7. The van der Waals surface area contributed by atoms with Gasteiger partial charge in [0.1, 0.15) is 5.65 Å². The molecule has 4 rings (SSSR count). The second-order valence-electron chi connectivity index (χ2n) is 5.86. The van der Waals surface area contributed by atoms with Crippen LogP contribution in [0.25, 0.3) is 22.3 Å². The largest absolute Gasteiger partial charge is 0.343 e. The van der Waals surface area contributed by atoms with E-state index < -0.39 is 5.95 Å². The number of aromatic nitrogens is 3. The van der Waals surface area contributed by atoms with E-state index >= 15 is 0 Å². The van der Waals surface area contributed by atoms with Crippen molar-refractivity contribution in [3.05, 3.63) is 47.1 Å². The first-order valence-electron chi connectivity index (χ1n) is 7.73. The number of fused-ring (bicyclic) bond motifs is 1. The Morgan fingerprint density at radius 2 is 2.22 bits per heavy atom. The topological polar surface area (TPSA) is 53.6 Å². The average Bonchev–Trinajstić information content (AvgIpc) is 2.99. The highest BCUT2D eigenvalue weighted by Gasteiger charge is 2.20. The highest BCUT2D eigenvalue weighted by Crippen LogP contribution is 2.35. The van der Waals surface area contributed by atoms with Crippen molar-refractivity contribution < 1.29 is 4.39 Å². The Balaban J connectivity index is 1.86. The average molecular weight is 331 g/mol. The van der Waals surface area contributed by atoms with Crippen molar-refractivity contribution >= 4 is 22.6 Å². The zero-order chi connectivity index (χ0) is 15.8. The van der Waals surface area contributed by atoms with Gasteiger partial charge in [0.25, 0.3) is 0 Å². The number of H-pyrrole nitrogens is 1. The van der Waals surface area contributed by atoms with Gasteiger partial charge in [-0.2, -0.15) is 4.39 Å². The summed E-state index contributed by atoms with van der Waals surface area (Å²) in [6, 6.07) is 6.80. The van der Waals surface area contributed by atoms with Crippen LogP contribution in [0.4, 0.5) is 4.39 Å². The van der Waals surface area contributed by atoms with Crippen LogP contribution in [0.2, 0.25) is 5.02 Å². The molecule has 3 aromatic heterocycles. The van der Waals surface area contributed by atoms with Gasteiger partial charge in [0, 0.05) is 35.3 Å². The molecule has 1 fully saturated rings. The number of aromatic amines is 1. The van der Waals surface area contributed by atoms with Gasteiger partial charge in [-0.3, -0.25) is 0 Å². The van der Waals surface area contributed by atoms with Crippen molar-refractivity contribution in [2.45, 2.75) is 18.8 Å². The Morgan fingerprint density at radius 3 is 3.00 bits per heavy atom. The predicted octanol–water partition coefficient (Wildman–Crippen LogP) is 3.88. The number of nitrogens with zero attached hydrogens (tertiary/aromatic N) is 2. The van der Waals surface area contributed by atoms with Crippen molar-refractivity contribution in [2.24, 2.45) is 0 Å². The van der Waals surface area contributed by atoms with Crippen molar-refractivity contribution in [3.63, 3.8) is 0 Å². The van der Waals surface area contributed by atoms with E-state index in [0.29, 0.717) is 16.6 Å². The van der Waals surface area contributed by atoms with Crippen LogP contribution in [0.15, 0.2) is 30.5 Å². The van der Waals surface area contributed by atoms with Crippen LogP contribution in [0.1, 0.15) is 24.5 Å². The van der Waals surface area contributed by atoms with Gasteiger partial charge in [0.2, 0.25) is 5.95 Å². The van der Waals surface area contributed by atoms with Crippen LogP contribution >= 0.6 is 11.6 Å². The molecule has 3 aromatic rings. The number of halogens is 2. The van der Waals surface area contributed by atoms with E-state index in [1.165, 1.54) is 6.07 Å². The summed E-state index contributed by atoms with van der Waals surface area (Å²) in [5, 5.41) is 4.77. The maximum absolute atomic E-state index is 13.5. The summed E-state index contributed by atoms with van der Waals surface area (Å²) in [5.41, 5.74) is 3.15. The minimum absolute atomic E-state index is 0.435. The molecule has 2 N–H and O–H groups in total. The van der Waals surface area contributed by atoms with Crippen LogP contribution in [0.3, 0.4) is 0 Å². The number of piperidine rings is 1. The van der Waals surface area contributed by atoms with Gasteiger partial charge in [0.15, 0.2) is 0 Å². The number of nitrogens with one attached hydrogen (secondary N) is 2. The Labute approximate surface area is 138 Å². The lowest BCUT2D eigenvalue weighted by Gasteiger charge is -2.21. The van der Waals surface area contributed by atoms with E-state index in [-0.39, 0.29) is 0 Å². The molecule has 1 aliphatic rings. The molecule has 0 spiro atoms. The summed E-state index contributed by atoms with van der Waals surface area (Å²) in [7, 11) is 0. The van der Waals surface area contributed by atoms with Crippen LogP contribution in [-0.4, -0.2) is 28.0 Å². The molecule has 1 aliphatic heterocycles. The third-order valence-electron chi connectivity index (χ3n) is 4.34. The zero-order valence-electron chi connectivity index (χ0n) is 12.4. The summed E-state index contributed by atoms with van der Waals surface area (Å²) >= 11 is 6.33. The molecule has 0 radical (unpaired) electrons. The number of hydrogen-bond donors (Lipinski definition) is 2. The summed E-state index contributed by atoms with van der Waals surface area (Å²) < 4.78 is 13.5. The maximum atomic E-state index is 13.5. The van der Waals surface area contributed by atoms with Crippen molar-refractivity contribution in [3.8, 4) is 11.3 Å². The molecule has 118 valence electrons. The van der Waals surface area contributed by atoms with Gasteiger partial charge in [-0.25, -0.2) is 9.97 Å². The van der Waals surface area contributed by atoms with Gasteiger partial charge in [0.05, 0.1) is 10.7 Å². The fraction of sp³-hybridized carbons (Fsp3) is 0.294. The Morgan fingerprint density at radius 1 is 1.30 bits per heavy atom. The quantitative estimate of drug-likeness (QED) is 0.701. The molecule has 6 heteroatoms. The molecule has 4 nitrogen and oxygen atoms in total. The lowest BCUT2D eigenvalue weighted by Crippen LogP contribution is -2.28. The minimum atomic E-state index is -0.518. The first kappa shape index (κ1) is 14.6. The molecule has 23 heavy (non-hydrogen) atoms. The lowest BCUT2D eigenvalue weighted by atomic mass is 9.96. The van der Waals surface area contributed by atoms with Gasteiger partial charge in [-0.1, -0.05) is 17.7 Å². The Bertz CT molecular complexity index is 855. The van der Waals surface area contributed by atoms with Crippen LogP contribution in [0, 0.1) is 5.95 Å². The van der Waals surface area contributed by atoms with Crippen molar-refractivity contribution in [2.75, 3.05) is 13.1 Å². The van der Waals surface area contributed by atoms with E-state index in [1.54, 1.807) is 18.3 Å². The second kappa shape index (κ2) is 5.91. The molecule has 0 saturated carbocycles. The first-order valence-corrected chi connectivity index (χ1v) is 8.11. The minimum Gasteiger partial charge on any atom is -0.343 e. The molecule has 1 saturated heterocycles. The Kier molecular flexibility index (Phi) is 3.75.